The topological polar surface area (TPSA) is 83.2 Å². The molecular weight excluding hydrogens is 378 g/mol. The number of nitrogens with zero attached hydrogens (tertiary/aromatic N) is 3. The van der Waals surface area contributed by atoms with Crippen LogP contribution in [0.3, 0.4) is 0 Å². The molecule has 7 nitrogen and oxygen atoms in total. The lowest BCUT2D eigenvalue weighted by Crippen LogP contribution is -2.39. The quantitative estimate of drug-likeness (QED) is 0.328. The summed E-state index contributed by atoms with van der Waals surface area (Å²) in [5, 5.41) is 3.39. The van der Waals surface area contributed by atoms with Crippen molar-refractivity contribution in [3.8, 4) is 5.75 Å². The number of ether oxygens (including phenoxy) is 1. The summed E-state index contributed by atoms with van der Waals surface area (Å²) in [5.74, 6) is 1.77. The van der Waals surface area contributed by atoms with Crippen molar-refractivity contribution < 1.29 is 9.53 Å². The van der Waals surface area contributed by atoms with Gasteiger partial charge in [-0.3, -0.25) is 9.79 Å². The smallest absolute Gasteiger partial charge is 0.220 e. The number of primary amides is 1. The molecule has 0 unspecified atom stereocenters. The van der Waals surface area contributed by atoms with E-state index in [1.807, 2.05) is 19.1 Å². The fourth-order valence-electron chi connectivity index (χ4n) is 3.75. The fraction of sp³-hybridized carbons (Fsp3) is 0.652. The van der Waals surface area contributed by atoms with E-state index in [1.165, 1.54) is 5.56 Å². The standard InChI is InChI=1S/C23H39N5O2/c1-4-25-23(27(3)18-19-8-10-21(11-9-19)30-5-2)26-14-6-7-15-28-16-12-20(13-17-28)22(24)29/h8-11,20H,4-7,12-18H2,1-3H3,(H2,24,29)(H,25,26). The van der Waals surface area contributed by atoms with Gasteiger partial charge in [0.05, 0.1) is 6.61 Å². The number of aliphatic imine (C=N–C) groups is 1. The summed E-state index contributed by atoms with van der Waals surface area (Å²) in [4.78, 5) is 20.7. The molecule has 168 valence electrons. The molecule has 0 aliphatic carbocycles. The van der Waals surface area contributed by atoms with E-state index in [0.717, 1.165) is 76.7 Å². The third kappa shape index (κ3) is 8.22. The van der Waals surface area contributed by atoms with Gasteiger partial charge in [0.15, 0.2) is 5.96 Å². The second-order valence-corrected chi connectivity index (χ2v) is 7.89. The molecule has 1 aromatic rings. The molecular formula is C23H39N5O2. The normalized spacial score (nSPS) is 15.8. The molecule has 7 heteroatoms. The zero-order chi connectivity index (χ0) is 21.8. The molecule has 1 aliphatic heterocycles. The van der Waals surface area contributed by atoms with Crippen LogP contribution < -0.4 is 15.8 Å². The Hall–Kier alpha value is -2.28. The van der Waals surface area contributed by atoms with Gasteiger partial charge in [-0.05, 0) is 76.9 Å². The Morgan fingerprint density at radius 1 is 1.23 bits per heavy atom. The van der Waals surface area contributed by atoms with Crippen molar-refractivity contribution in [3.63, 3.8) is 0 Å². The Kier molecular flexibility index (Phi) is 10.5. The van der Waals surface area contributed by atoms with Crippen molar-refractivity contribution in [2.45, 2.75) is 46.1 Å². The minimum absolute atomic E-state index is 0.0689. The Balaban J connectivity index is 1.73. The van der Waals surface area contributed by atoms with Crippen LogP contribution in [0.4, 0.5) is 0 Å². The number of carbonyl (C=O) groups is 1. The Morgan fingerprint density at radius 3 is 2.53 bits per heavy atom. The van der Waals surface area contributed by atoms with Gasteiger partial charge < -0.3 is 25.6 Å². The molecule has 1 amide bonds. The lowest BCUT2D eigenvalue weighted by atomic mass is 9.96. The third-order valence-electron chi connectivity index (χ3n) is 5.48. The highest BCUT2D eigenvalue weighted by atomic mass is 16.5. The first-order valence-corrected chi connectivity index (χ1v) is 11.3. The number of carbonyl (C=O) groups excluding carboxylic acids is 1. The highest BCUT2D eigenvalue weighted by molar-refractivity contribution is 5.79. The van der Waals surface area contributed by atoms with Crippen LogP contribution in [0.5, 0.6) is 5.75 Å². The Bertz CT molecular complexity index is 654. The summed E-state index contributed by atoms with van der Waals surface area (Å²) in [6.07, 6.45) is 3.97. The SMILES string of the molecule is CCNC(=NCCCCN1CCC(C(N)=O)CC1)N(C)Cc1ccc(OCC)cc1. The summed E-state index contributed by atoms with van der Waals surface area (Å²) in [6.45, 7) is 10.3. The number of hydrogen-bond acceptors (Lipinski definition) is 4. The number of rotatable bonds is 11. The molecule has 0 aromatic heterocycles. The van der Waals surface area contributed by atoms with E-state index in [0.29, 0.717) is 6.61 Å². The summed E-state index contributed by atoms with van der Waals surface area (Å²) >= 11 is 0. The summed E-state index contributed by atoms with van der Waals surface area (Å²) in [5.41, 5.74) is 6.64. The number of amides is 1. The van der Waals surface area contributed by atoms with Crippen LogP contribution in [0.1, 0.15) is 45.1 Å². The molecule has 1 saturated heterocycles. The van der Waals surface area contributed by atoms with E-state index < -0.39 is 0 Å². The van der Waals surface area contributed by atoms with Gasteiger partial charge in [-0.25, -0.2) is 0 Å². The molecule has 1 aromatic carbocycles. The van der Waals surface area contributed by atoms with Crippen molar-refractivity contribution in [1.29, 1.82) is 0 Å². The average molecular weight is 418 g/mol. The monoisotopic (exact) mass is 417 g/mol. The number of guanidine groups is 1. The van der Waals surface area contributed by atoms with Gasteiger partial charge in [0.2, 0.25) is 5.91 Å². The van der Waals surface area contributed by atoms with Gasteiger partial charge in [0.25, 0.3) is 0 Å². The van der Waals surface area contributed by atoms with Crippen LogP contribution in [0, 0.1) is 5.92 Å². The van der Waals surface area contributed by atoms with Crippen LogP contribution in [0.2, 0.25) is 0 Å². The Labute approximate surface area is 181 Å². The minimum Gasteiger partial charge on any atom is -0.494 e. The molecule has 1 heterocycles. The van der Waals surface area contributed by atoms with Gasteiger partial charge in [-0.2, -0.15) is 0 Å². The molecule has 30 heavy (non-hydrogen) atoms. The van der Waals surface area contributed by atoms with E-state index in [2.05, 4.69) is 41.2 Å². The highest BCUT2D eigenvalue weighted by Crippen LogP contribution is 2.17. The number of piperidine rings is 1. The summed E-state index contributed by atoms with van der Waals surface area (Å²) < 4.78 is 5.51. The van der Waals surface area contributed by atoms with Crippen molar-refractivity contribution in [1.82, 2.24) is 15.1 Å². The molecule has 0 saturated carbocycles. The van der Waals surface area contributed by atoms with Crippen molar-refractivity contribution >= 4 is 11.9 Å². The first kappa shape index (κ1) is 24.0. The van der Waals surface area contributed by atoms with Gasteiger partial charge in [-0.1, -0.05) is 12.1 Å². The van der Waals surface area contributed by atoms with Gasteiger partial charge in [0, 0.05) is 32.6 Å². The molecule has 0 radical (unpaired) electrons. The highest BCUT2D eigenvalue weighted by Gasteiger charge is 2.22. The zero-order valence-electron chi connectivity index (χ0n) is 18.9. The number of nitrogens with one attached hydrogen (secondary N) is 1. The molecule has 1 fully saturated rings. The van der Waals surface area contributed by atoms with Gasteiger partial charge >= 0.3 is 0 Å². The maximum Gasteiger partial charge on any atom is 0.220 e. The lowest BCUT2D eigenvalue weighted by molar-refractivity contribution is -0.123. The van der Waals surface area contributed by atoms with Crippen LogP contribution in [-0.4, -0.2) is 68.0 Å². The Morgan fingerprint density at radius 2 is 1.93 bits per heavy atom. The van der Waals surface area contributed by atoms with Crippen LogP contribution in [0.25, 0.3) is 0 Å². The maximum atomic E-state index is 11.3. The molecule has 1 aliphatic rings. The summed E-state index contributed by atoms with van der Waals surface area (Å²) in [7, 11) is 2.07. The molecule has 0 atom stereocenters. The van der Waals surface area contributed by atoms with E-state index >= 15 is 0 Å². The average Bonchev–Trinajstić information content (AvgIpc) is 2.74. The number of hydrogen-bond donors (Lipinski definition) is 2. The predicted octanol–water partition coefficient (Wildman–Crippen LogP) is 2.46. The first-order valence-electron chi connectivity index (χ1n) is 11.3. The number of nitrogens with two attached hydrogens (primary N) is 1. The van der Waals surface area contributed by atoms with E-state index in [-0.39, 0.29) is 11.8 Å². The van der Waals surface area contributed by atoms with E-state index in [1.54, 1.807) is 0 Å². The van der Waals surface area contributed by atoms with Crippen molar-refractivity contribution in [2.24, 2.45) is 16.6 Å². The lowest BCUT2D eigenvalue weighted by Gasteiger charge is -2.30. The molecule has 0 bridgehead atoms. The second kappa shape index (κ2) is 13.1. The van der Waals surface area contributed by atoms with Crippen molar-refractivity contribution in [3.05, 3.63) is 29.8 Å². The number of benzene rings is 1. The van der Waals surface area contributed by atoms with Gasteiger partial charge in [-0.15, -0.1) is 0 Å². The summed E-state index contributed by atoms with van der Waals surface area (Å²) in [6, 6.07) is 8.24. The van der Waals surface area contributed by atoms with Gasteiger partial charge in [0.1, 0.15) is 5.75 Å². The third-order valence-corrected chi connectivity index (χ3v) is 5.48. The fourth-order valence-corrected chi connectivity index (χ4v) is 3.75. The number of unbranched alkanes of at least 4 members (excludes halogenated alkanes) is 1. The van der Waals surface area contributed by atoms with Crippen LogP contribution in [-0.2, 0) is 11.3 Å². The minimum atomic E-state index is -0.144. The zero-order valence-corrected chi connectivity index (χ0v) is 18.9. The predicted molar refractivity (Wildman–Crippen MR) is 123 cm³/mol. The maximum absolute atomic E-state index is 11.3. The molecule has 2 rings (SSSR count). The van der Waals surface area contributed by atoms with Crippen LogP contribution in [0.15, 0.2) is 29.3 Å². The second-order valence-electron chi connectivity index (χ2n) is 7.89. The molecule has 3 N–H and O–H groups in total. The largest absolute Gasteiger partial charge is 0.494 e. The van der Waals surface area contributed by atoms with Crippen molar-refractivity contribution in [2.75, 3.05) is 46.4 Å². The first-order chi connectivity index (χ1) is 14.5. The molecule has 0 spiro atoms. The van der Waals surface area contributed by atoms with E-state index in [9.17, 15) is 4.79 Å². The number of likely N-dealkylation sites (tertiary alicyclic amines) is 1. The van der Waals surface area contributed by atoms with Crippen LogP contribution >= 0.6 is 0 Å². The van der Waals surface area contributed by atoms with E-state index in [4.69, 9.17) is 15.5 Å².